The molecular formula is C20H23NO4. The van der Waals surface area contributed by atoms with Crippen LogP contribution in [0.15, 0.2) is 48.5 Å². The van der Waals surface area contributed by atoms with Crippen LogP contribution in [0.25, 0.3) is 0 Å². The van der Waals surface area contributed by atoms with E-state index in [1.165, 1.54) is 4.90 Å². The molecule has 132 valence electrons. The summed E-state index contributed by atoms with van der Waals surface area (Å²) in [5.41, 5.74) is 2.97. The van der Waals surface area contributed by atoms with E-state index in [2.05, 4.69) is 0 Å². The van der Waals surface area contributed by atoms with Gasteiger partial charge in [0.15, 0.2) is 12.7 Å². The summed E-state index contributed by atoms with van der Waals surface area (Å²) >= 11 is 0. The van der Waals surface area contributed by atoms with Gasteiger partial charge in [-0.15, -0.1) is 0 Å². The smallest absolute Gasteiger partial charge is 0.344 e. The van der Waals surface area contributed by atoms with E-state index < -0.39 is 12.1 Å². The topological polar surface area (TPSA) is 55.8 Å². The highest BCUT2D eigenvalue weighted by atomic mass is 16.6. The Bertz CT molecular complexity index is 743. The van der Waals surface area contributed by atoms with Crippen LogP contribution in [-0.4, -0.2) is 31.6 Å². The zero-order valence-corrected chi connectivity index (χ0v) is 15.0. The standard InChI is InChI=1S/C20H23NO4/c1-14-10-11-18(12-15(14)2)24-13-19(22)25-16(3)20(23)21(4)17-8-6-5-7-9-17/h5-12,16H,13H2,1-4H3/t16-/m1/s1. The lowest BCUT2D eigenvalue weighted by molar-refractivity contribution is -0.155. The average Bonchev–Trinajstić information content (AvgIpc) is 2.62. The molecule has 0 unspecified atom stereocenters. The van der Waals surface area contributed by atoms with Gasteiger partial charge in [0.05, 0.1) is 0 Å². The summed E-state index contributed by atoms with van der Waals surface area (Å²) in [6.45, 7) is 5.29. The van der Waals surface area contributed by atoms with E-state index in [0.717, 1.165) is 16.8 Å². The lowest BCUT2D eigenvalue weighted by Gasteiger charge is -2.21. The molecule has 0 spiro atoms. The number of benzene rings is 2. The summed E-state index contributed by atoms with van der Waals surface area (Å²) in [7, 11) is 1.65. The van der Waals surface area contributed by atoms with E-state index in [1.807, 2.05) is 56.3 Å². The van der Waals surface area contributed by atoms with Crippen LogP contribution >= 0.6 is 0 Å². The maximum atomic E-state index is 12.3. The molecule has 2 aromatic carbocycles. The molecule has 0 N–H and O–H groups in total. The van der Waals surface area contributed by atoms with Gasteiger partial charge in [0.1, 0.15) is 5.75 Å². The second-order valence-electron chi connectivity index (χ2n) is 5.90. The summed E-state index contributed by atoms with van der Waals surface area (Å²) in [5.74, 6) is -0.285. The number of para-hydroxylation sites is 1. The molecular weight excluding hydrogens is 318 g/mol. The third-order valence-electron chi connectivity index (χ3n) is 3.97. The predicted molar refractivity (Wildman–Crippen MR) is 96.8 cm³/mol. The van der Waals surface area contributed by atoms with Crippen LogP contribution in [0.2, 0.25) is 0 Å². The molecule has 1 atom stereocenters. The van der Waals surface area contributed by atoms with Gasteiger partial charge in [-0.2, -0.15) is 0 Å². The number of carbonyl (C=O) groups is 2. The summed E-state index contributed by atoms with van der Waals surface area (Å²) in [4.78, 5) is 25.7. The number of likely N-dealkylation sites (N-methyl/N-ethyl adjacent to an activating group) is 1. The fraction of sp³-hybridized carbons (Fsp3) is 0.300. The van der Waals surface area contributed by atoms with Crippen LogP contribution in [-0.2, 0) is 14.3 Å². The number of amides is 1. The molecule has 0 aliphatic heterocycles. The van der Waals surface area contributed by atoms with Gasteiger partial charge in [-0.25, -0.2) is 4.79 Å². The number of hydrogen-bond acceptors (Lipinski definition) is 4. The van der Waals surface area contributed by atoms with Crippen LogP contribution in [0.5, 0.6) is 5.75 Å². The minimum Gasteiger partial charge on any atom is -0.482 e. The normalized spacial score (nSPS) is 11.5. The molecule has 5 nitrogen and oxygen atoms in total. The number of rotatable bonds is 6. The highest BCUT2D eigenvalue weighted by molar-refractivity contribution is 5.96. The average molecular weight is 341 g/mol. The van der Waals surface area contributed by atoms with Gasteiger partial charge < -0.3 is 14.4 Å². The van der Waals surface area contributed by atoms with Crippen molar-refractivity contribution in [1.82, 2.24) is 0 Å². The Morgan fingerprint density at radius 1 is 1.04 bits per heavy atom. The van der Waals surface area contributed by atoms with Crippen molar-refractivity contribution in [2.24, 2.45) is 0 Å². The Morgan fingerprint density at radius 2 is 1.72 bits per heavy atom. The molecule has 2 rings (SSSR count). The van der Waals surface area contributed by atoms with Crippen LogP contribution in [0.4, 0.5) is 5.69 Å². The zero-order chi connectivity index (χ0) is 18.4. The summed E-state index contributed by atoms with van der Waals surface area (Å²) in [6.07, 6.45) is -0.888. The first-order valence-corrected chi connectivity index (χ1v) is 8.10. The fourth-order valence-electron chi connectivity index (χ4n) is 2.28. The van der Waals surface area contributed by atoms with E-state index in [9.17, 15) is 9.59 Å². The number of ether oxygens (including phenoxy) is 2. The minimum absolute atomic E-state index is 0.241. The Labute approximate surface area is 148 Å². The van der Waals surface area contributed by atoms with E-state index in [4.69, 9.17) is 9.47 Å². The minimum atomic E-state index is -0.888. The van der Waals surface area contributed by atoms with E-state index in [-0.39, 0.29) is 12.5 Å². The van der Waals surface area contributed by atoms with Gasteiger partial charge in [0.25, 0.3) is 5.91 Å². The number of hydrogen-bond donors (Lipinski definition) is 0. The number of anilines is 1. The first-order chi connectivity index (χ1) is 11.9. The predicted octanol–water partition coefficient (Wildman–Crippen LogP) is 3.28. The summed E-state index contributed by atoms with van der Waals surface area (Å²) in [6, 6.07) is 14.8. The number of esters is 1. The Balaban J connectivity index is 1.86. The highest BCUT2D eigenvalue weighted by Crippen LogP contribution is 2.17. The van der Waals surface area contributed by atoms with Crippen LogP contribution in [0.1, 0.15) is 18.1 Å². The van der Waals surface area contributed by atoms with E-state index >= 15 is 0 Å². The van der Waals surface area contributed by atoms with Crippen molar-refractivity contribution in [2.75, 3.05) is 18.6 Å². The number of nitrogens with zero attached hydrogens (tertiary/aromatic N) is 1. The molecule has 0 aliphatic carbocycles. The number of carbonyl (C=O) groups excluding carboxylic acids is 2. The van der Waals surface area contributed by atoms with Crippen LogP contribution in [0, 0.1) is 13.8 Å². The lowest BCUT2D eigenvalue weighted by Crippen LogP contribution is -2.38. The molecule has 0 saturated carbocycles. The number of aryl methyl sites for hydroxylation is 2. The molecule has 0 aliphatic rings. The van der Waals surface area contributed by atoms with Crippen molar-refractivity contribution in [3.05, 3.63) is 59.7 Å². The van der Waals surface area contributed by atoms with Crippen molar-refractivity contribution in [2.45, 2.75) is 26.9 Å². The highest BCUT2D eigenvalue weighted by Gasteiger charge is 2.22. The first-order valence-electron chi connectivity index (χ1n) is 8.10. The molecule has 0 radical (unpaired) electrons. The molecule has 0 aromatic heterocycles. The van der Waals surface area contributed by atoms with Crippen molar-refractivity contribution in [3.63, 3.8) is 0 Å². The second-order valence-corrected chi connectivity index (χ2v) is 5.90. The van der Waals surface area contributed by atoms with Crippen molar-refractivity contribution < 1.29 is 19.1 Å². The molecule has 1 amide bonds. The first kappa shape index (κ1) is 18.5. The Hall–Kier alpha value is -2.82. The zero-order valence-electron chi connectivity index (χ0n) is 15.0. The maximum absolute atomic E-state index is 12.3. The van der Waals surface area contributed by atoms with Crippen LogP contribution in [0.3, 0.4) is 0 Å². The van der Waals surface area contributed by atoms with Gasteiger partial charge in [0, 0.05) is 12.7 Å². The molecule has 0 heterocycles. The molecule has 25 heavy (non-hydrogen) atoms. The fourth-order valence-corrected chi connectivity index (χ4v) is 2.28. The van der Waals surface area contributed by atoms with Crippen LogP contribution < -0.4 is 9.64 Å². The molecule has 5 heteroatoms. The van der Waals surface area contributed by atoms with Crippen molar-refractivity contribution in [1.29, 1.82) is 0 Å². The lowest BCUT2D eigenvalue weighted by atomic mass is 10.1. The second kappa shape index (κ2) is 8.33. The molecule has 0 fully saturated rings. The van der Waals surface area contributed by atoms with Gasteiger partial charge in [0.2, 0.25) is 0 Å². The third kappa shape index (κ3) is 5.08. The SMILES string of the molecule is Cc1ccc(OCC(=O)O[C@H](C)C(=O)N(C)c2ccccc2)cc1C. The van der Waals surface area contributed by atoms with E-state index in [0.29, 0.717) is 5.75 Å². The molecule has 0 bridgehead atoms. The summed E-state index contributed by atoms with van der Waals surface area (Å²) < 4.78 is 10.6. The largest absolute Gasteiger partial charge is 0.482 e. The Kier molecular flexibility index (Phi) is 6.17. The third-order valence-corrected chi connectivity index (χ3v) is 3.97. The summed E-state index contributed by atoms with van der Waals surface area (Å²) in [5, 5.41) is 0. The molecule has 0 saturated heterocycles. The monoisotopic (exact) mass is 341 g/mol. The quantitative estimate of drug-likeness (QED) is 0.757. The van der Waals surface area contributed by atoms with Crippen molar-refractivity contribution in [3.8, 4) is 5.75 Å². The Morgan fingerprint density at radius 3 is 2.36 bits per heavy atom. The van der Waals surface area contributed by atoms with Gasteiger partial charge in [-0.05, 0) is 56.2 Å². The molecule has 2 aromatic rings. The van der Waals surface area contributed by atoms with Gasteiger partial charge >= 0.3 is 5.97 Å². The van der Waals surface area contributed by atoms with Crippen molar-refractivity contribution >= 4 is 17.6 Å². The van der Waals surface area contributed by atoms with Gasteiger partial charge in [-0.1, -0.05) is 24.3 Å². The van der Waals surface area contributed by atoms with E-state index in [1.54, 1.807) is 20.0 Å². The maximum Gasteiger partial charge on any atom is 0.344 e. The van der Waals surface area contributed by atoms with Gasteiger partial charge in [-0.3, -0.25) is 4.79 Å².